The zero-order chi connectivity index (χ0) is 17.6. The first-order valence-electron chi connectivity index (χ1n) is 7.96. The standard InChI is InChI=1S/C19H19N5O/c1-13-9-14(2)11-16(10-13)23-18(25)17-6-8-21-19(24-17)22-12-15-5-3-4-7-20-15/h3-11H,12H2,1-2H3,(H,23,25)(H,21,22,24). The smallest absolute Gasteiger partial charge is 0.274 e. The van der Waals surface area contributed by atoms with Gasteiger partial charge < -0.3 is 10.6 Å². The van der Waals surface area contributed by atoms with Crippen molar-refractivity contribution in [3.63, 3.8) is 0 Å². The van der Waals surface area contributed by atoms with Gasteiger partial charge in [-0.1, -0.05) is 12.1 Å². The number of aromatic nitrogens is 3. The lowest BCUT2D eigenvalue weighted by Crippen LogP contribution is -2.15. The van der Waals surface area contributed by atoms with E-state index in [1.807, 2.05) is 44.2 Å². The summed E-state index contributed by atoms with van der Waals surface area (Å²) in [4.78, 5) is 25.1. The van der Waals surface area contributed by atoms with E-state index in [0.717, 1.165) is 22.5 Å². The van der Waals surface area contributed by atoms with E-state index >= 15 is 0 Å². The minimum absolute atomic E-state index is 0.270. The molecule has 25 heavy (non-hydrogen) atoms. The van der Waals surface area contributed by atoms with Crippen LogP contribution >= 0.6 is 0 Å². The quantitative estimate of drug-likeness (QED) is 0.748. The monoisotopic (exact) mass is 333 g/mol. The number of aryl methyl sites for hydroxylation is 2. The first-order chi connectivity index (χ1) is 12.1. The van der Waals surface area contributed by atoms with Crippen LogP contribution in [0.15, 0.2) is 54.9 Å². The van der Waals surface area contributed by atoms with Crippen LogP contribution in [0.2, 0.25) is 0 Å². The molecule has 0 aliphatic heterocycles. The summed E-state index contributed by atoms with van der Waals surface area (Å²) in [5.74, 6) is 0.118. The van der Waals surface area contributed by atoms with Crippen molar-refractivity contribution >= 4 is 17.5 Å². The fourth-order valence-corrected chi connectivity index (χ4v) is 2.48. The lowest BCUT2D eigenvalue weighted by molar-refractivity contribution is 0.102. The highest BCUT2D eigenvalue weighted by molar-refractivity contribution is 6.03. The lowest BCUT2D eigenvalue weighted by atomic mass is 10.1. The van der Waals surface area contributed by atoms with Crippen molar-refractivity contribution in [3.05, 3.63) is 77.4 Å². The van der Waals surface area contributed by atoms with Crippen LogP contribution in [0.25, 0.3) is 0 Å². The maximum absolute atomic E-state index is 12.4. The Bertz CT molecular complexity index is 860. The second kappa shape index (κ2) is 7.53. The van der Waals surface area contributed by atoms with Crippen molar-refractivity contribution in [2.75, 3.05) is 10.6 Å². The maximum Gasteiger partial charge on any atom is 0.274 e. The van der Waals surface area contributed by atoms with E-state index in [-0.39, 0.29) is 5.91 Å². The van der Waals surface area contributed by atoms with Crippen LogP contribution in [0.4, 0.5) is 11.6 Å². The molecule has 0 bridgehead atoms. The molecule has 3 rings (SSSR count). The van der Waals surface area contributed by atoms with E-state index in [2.05, 4.69) is 31.7 Å². The third kappa shape index (κ3) is 4.60. The normalized spacial score (nSPS) is 10.3. The van der Waals surface area contributed by atoms with Crippen LogP contribution in [-0.2, 0) is 6.54 Å². The van der Waals surface area contributed by atoms with Gasteiger partial charge in [0.25, 0.3) is 5.91 Å². The summed E-state index contributed by atoms with van der Waals surface area (Å²) in [6, 6.07) is 13.2. The number of carbonyl (C=O) groups excluding carboxylic acids is 1. The molecule has 6 heteroatoms. The number of nitrogens with zero attached hydrogens (tertiary/aromatic N) is 3. The Balaban J connectivity index is 1.68. The van der Waals surface area contributed by atoms with Gasteiger partial charge in [-0.25, -0.2) is 9.97 Å². The molecule has 6 nitrogen and oxygen atoms in total. The molecule has 0 spiro atoms. The Morgan fingerprint density at radius 3 is 2.52 bits per heavy atom. The number of anilines is 2. The molecule has 0 unspecified atom stereocenters. The van der Waals surface area contributed by atoms with Crippen LogP contribution in [0.5, 0.6) is 0 Å². The predicted octanol–water partition coefficient (Wildman–Crippen LogP) is 3.35. The Morgan fingerprint density at radius 2 is 1.80 bits per heavy atom. The van der Waals surface area contributed by atoms with Crippen molar-refractivity contribution in [3.8, 4) is 0 Å². The van der Waals surface area contributed by atoms with Gasteiger partial charge in [0.1, 0.15) is 5.69 Å². The largest absolute Gasteiger partial charge is 0.349 e. The summed E-state index contributed by atoms with van der Waals surface area (Å²) >= 11 is 0. The first-order valence-corrected chi connectivity index (χ1v) is 7.96. The van der Waals surface area contributed by atoms with Gasteiger partial charge in [-0.2, -0.15) is 0 Å². The molecule has 0 fully saturated rings. The maximum atomic E-state index is 12.4. The summed E-state index contributed by atoms with van der Waals surface area (Å²) in [6.45, 7) is 4.48. The van der Waals surface area contributed by atoms with Gasteiger partial charge in [0, 0.05) is 18.1 Å². The number of hydrogen-bond donors (Lipinski definition) is 2. The van der Waals surface area contributed by atoms with E-state index in [1.54, 1.807) is 18.5 Å². The number of hydrogen-bond acceptors (Lipinski definition) is 5. The van der Waals surface area contributed by atoms with Crippen molar-refractivity contribution in [1.82, 2.24) is 15.0 Å². The average Bonchev–Trinajstić information content (AvgIpc) is 2.60. The zero-order valence-electron chi connectivity index (χ0n) is 14.2. The summed E-state index contributed by atoms with van der Waals surface area (Å²) in [7, 11) is 0. The molecule has 1 amide bonds. The van der Waals surface area contributed by atoms with E-state index in [0.29, 0.717) is 18.2 Å². The molecule has 1 aromatic carbocycles. The van der Waals surface area contributed by atoms with Gasteiger partial charge >= 0.3 is 0 Å². The minimum Gasteiger partial charge on any atom is -0.349 e. The summed E-state index contributed by atoms with van der Waals surface area (Å²) < 4.78 is 0. The van der Waals surface area contributed by atoms with Gasteiger partial charge in [-0.05, 0) is 55.3 Å². The summed E-state index contributed by atoms with van der Waals surface area (Å²) in [6.07, 6.45) is 3.29. The topological polar surface area (TPSA) is 79.8 Å². The molecule has 0 saturated carbocycles. The van der Waals surface area contributed by atoms with Crippen LogP contribution < -0.4 is 10.6 Å². The Kier molecular flexibility index (Phi) is 4.99. The van der Waals surface area contributed by atoms with Crippen LogP contribution in [0.3, 0.4) is 0 Å². The molecule has 126 valence electrons. The number of rotatable bonds is 5. The molecule has 0 saturated heterocycles. The van der Waals surface area contributed by atoms with Gasteiger partial charge in [0.05, 0.1) is 12.2 Å². The third-order valence-corrected chi connectivity index (χ3v) is 3.52. The van der Waals surface area contributed by atoms with Gasteiger partial charge in [0.2, 0.25) is 5.95 Å². The van der Waals surface area contributed by atoms with Gasteiger partial charge in [0.15, 0.2) is 0 Å². The highest BCUT2D eigenvalue weighted by Crippen LogP contribution is 2.15. The van der Waals surface area contributed by atoms with E-state index in [4.69, 9.17) is 0 Å². The number of pyridine rings is 1. The average molecular weight is 333 g/mol. The Labute approximate surface area is 146 Å². The molecule has 0 aliphatic rings. The van der Waals surface area contributed by atoms with E-state index in [1.165, 1.54) is 0 Å². The molecule has 0 atom stereocenters. The molecule has 2 aromatic heterocycles. The number of amides is 1. The minimum atomic E-state index is -0.270. The predicted molar refractivity (Wildman–Crippen MR) is 97.5 cm³/mol. The van der Waals surface area contributed by atoms with E-state index in [9.17, 15) is 4.79 Å². The number of nitrogens with one attached hydrogen (secondary N) is 2. The summed E-state index contributed by atoms with van der Waals surface area (Å²) in [5, 5.41) is 5.95. The Hall–Kier alpha value is -3.28. The molecule has 0 radical (unpaired) electrons. The third-order valence-electron chi connectivity index (χ3n) is 3.52. The molecule has 2 N–H and O–H groups in total. The van der Waals surface area contributed by atoms with Gasteiger partial charge in [-0.15, -0.1) is 0 Å². The SMILES string of the molecule is Cc1cc(C)cc(NC(=O)c2ccnc(NCc3ccccn3)n2)c1. The number of benzene rings is 1. The second-order valence-corrected chi connectivity index (χ2v) is 5.77. The molecule has 2 heterocycles. The van der Waals surface area contributed by atoms with E-state index < -0.39 is 0 Å². The van der Waals surface area contributed by atoms with Crippen molar-refractivity contribution in [2.45, 2.75) is 20.4 Å². The zero-order valence-corrected chi connectivity index (χ0v) is 14.2. The number of carbonyl (C=O) groups is 1. The lowest BCUT2D eigenvalue weighted by Gasteiger charge is -2.08. The van der Waals surface area contributed by atoms with Crippen LogP contribution in [-0.4, -0.2) is 20.9 Å². The highest BCUT2D eigenvalue weighted by Gasteiger charge is 2.10. The highest BCUT2D eigenvalue weighted by atomic mass is 16.1. The molecular weight excluding hydrogens is 314 g/mol. The fraction of sp³-hybridized carbons (Fsp3) is 0.158. The first kappa shape index (κ1) is 16.6. The Morgan fingerprint density at radius 1 is 1.00 bits per heavy atom. The molecule has 3 aromatic rings. The van der Waals surface area contributed by atoms with Crippen molar-refractivity contribution < 1.29 is 4.79 Å². The molecule has 0 aliphatic carbocycles. The fourth-order valence-electron chi connectivity index (χ4n) is 2.48. The van der Waals surface area contributed by atoms with Crippen LogP contribution in [0, 0.1) is 13.8 Å². The molecular formula is C19H19N5O. The summed E-state index contributed by atoms with van der Waals surface area (Å²) in [5.41, 5.74) is 4.12. The van der Waals surface area contributed by atoms with Gasteiger partial charge in [-0.3, -0.25) is 9.78 Å². The van der Waals surface area contributed by atoms with Crippen molar-refractivity contribution in [2.24, 2.45) is 0 Å². The van der Waals surface area contributed by atoms with Crippen LogP contribution in [0.1, 0.15) is 27.3 Å². The van der Waals surface area contributed by atoms with Crippen molar-refractivity contribution in [1.29, 1.82) is 0 Å². The second-order valence-electron chi connectivity index (χ2n) is 5.77.